The van der Waals surface area contributed by atoms with E-state index in [1.165, 1.54) is 0 Å². The maximum absolute atomic E-state index is 12.4. The Kier molecular flexibility index (Phi) is 8.14. The molecule has 1 unspecified atom stereocenters. The number of rotatable bonds is 7. The summed E-state index contributed by atoms with van der Waals surface area (Å²) >= 11 is 23.0. The first kappa shape index (κ1) is 21.8. The molecule has 136 valence electrons. The minimum atomic E-state index is -3.99. The van der Waals surface area contributed by atoms with Gasteiger partial charge in [0.25, 0.3) is 0 Å². The molecule has 1 aromatic carbocycles. The number of ether oxygens (including phenoxy) is 2. The van der Waals surface area contributed by atoms with Crippen molar-refractivity contribution in [3.05, 3.63) is 28.8 Å². The van der Waals surface area contributed by atoms with E-state index < -0.39 is 29.8 Å². The predicted molar refractivity (Wildman–Crippen MR) is 93.5 cm³/mol. The number of hydrogen-bond acceptors (Lipinski definition) is 6. The van der Waals surface area contributed by atoms with Crippen LogP contribution in [0.15, 0.2) is 18.2 Å². The topological polar surface area (TPSA) is 71.1 Å². The van der Waals surface area contributed by atoms with Gasteiger partial charge in [0.1, 0.15) is 5.75 Å². The largest absolute Gasteiger partial charge is 0.482 e. The lowest BCUT2D eigenvalue weighted by Crippen LogP contribution is -2.34. The van der Waals surface area contributed by atoms with Crippen LogP contribution in [0, 0.1) is 6.92 Å². The van der Waals surface area contributed by atoms with Gasteiger partial charge in [-0.15, -0.1) is 0 Å². The molecule has 0 heterocycles. The second-order valence-electron chi connectivity index (χ2n) is 4.49. The molecule has 0 N–H and O–H groups in total. The van der Waals surface area contributed by atoms with Crippen molar-refractivity contribution in [2.75, 3.05) is 20.8 Å². The normalized spacial score (nSPS) is 13.5. The minimum Gasteiger partial charge on any atom is -0.482 e. The number of alkyl halides is 3. The van der Waals surface area contributed by atoms with E-state index in [0.717, 1.165) is 14.2 Å². The highest BCUT2D eigenvalue weighted by molar-refractivity contribution is 7.55. The second kappa shape index (κ2) is 8.95. The van der Waals surface area contributed by atoms with Gasteiger partial charge in [-0.25, -0.2) is 4.79 Å². The smallest absolute Gasteiger partial charge is 0.374 e. The summed E-state index contributed by atoms with van der Waals surface area (Å²) < 4.78 is 29.8. The molecule has 0 fully saturated rings. The molecule has 0 saturated heterocycles. The van der Waals surface area contributed by atoms with Crippen LogP contribution < -0.4 is 4.74 Å². The second-order valence-corrected chi connectivity index (χ2v) is 9.57. The number of benzene rings is 1. The number of aryl methyl sites for hydroxylation is 1. The van der Waals surface area contributed by atoms with Crippen molar-refractivity contribution in [3.8, 4) is 5.75 Å². The molecule has 0 saturated carbocycles. The molecule has 0 radical (unpaired) electrons. The Labute approximate surface area is 159 Å². The van der Waals surface area contributed by atoms with Crippen molar-refractivity contribution in [1.82, 2.24) is 0 Å². The maximum Gasteiger partial charge on any atom is 0.374 e. The highest BCUT2D eigenvalue weighted by Crippen LogP contribution is 2.59. The van der Waals surface area contributed by atoms with Crippen LogP contribution in [-0.4, -0.2) is 36.4 Å². The summed E-state index contributed by atoms with van der Waals surface area (Å²) in [6, 6.07) is 4.85. The molecule has 0 aliphatic rings. The van der Waals surface area contributed by atoms with E-state index in [0.29, 0.717) is 16.3 Å². The van der Waals surface area contributed by atoms with E-state index in [9.17, 15) is 9.36 Å². The summed E-state index contributed by atoms with van der Waals surface area (Å²) in [6.07, 6.45) is 0. The van der Waals surface area contributed by atoms with Gasteiger partial charge in [-0.2, -0.15) is 0 Å². The highest BCUT2D eigenvalue weighted by Gasteiger charge is 2.51. The Hall–Kier alpha value is -0.200. The van der Waals surface area contributed by atoms with Crippen molar-refractivity contribution < 1.29 is 27.9 Å². The van der Waals surface area contributed by atoms with Crippen molar-refractivity contribution in [2.45, 2.75) is 16.6 Å². The standard InChI is InChI=1S/C13H15Cl4O6P/c1-8-6-9(14)4-5-10(8)22-7-11(18)23-12(13(15,16)17)24(19,20-2)21-3/h4-6,12H,7H2,1-3H3. The van der Waals surface area contributed by atoms with Crippen LogP contribution >= 0.6 is 54.0 Å². The average Bonchev–Trinajstić information content (AvgIpc) is 2.50. The molecular formula is C13H15Cl4O6P. The summed E-state index contributed by atoms with van der Waals surface area (Å²) in [7, 11) is -1.83. The lowest BCUT2D eigenvalue weighted by Gasteiger charge is -2.28. The van der Waals surface area contributed by atoms with Crippen LogP contribution in [-0.2, 0) is 23.1 Å². The minimum absolute atomic E-state index is 0.420. The Bertz CT molecular complexity index is 625. The van der Waals surface area contributed by atoms with E-state index in [2.05, 4.69) is 0 Å². The zero-order valence-corrected chi connectivity index (χ0v) is 16.8. The maximum atomic E-state index is 12.4. The monoisotopic (exact) mass is 438 g/mol. The molecule has 11 heteroatoms. The van der Waals surface area contributed by atoms with Gasteiger partial charge in [0.15, 0.2) is 6.61 Å². The Morgan fingerprint density at radius 2 is 1.83 bits per heavy atom. The molecule has 0 amide bonds. The molecule has 1 aromatic rings. The summed E-state index contributed by atoms with van der Waals surface area (Å²) in [5, 5.41) is 0.528. The molecule has 0 spiro atoms. The van der Waals surface area contributed by atoms with Gasteiger partial charge >= 0.3 is 13.6 Å². The molecule has 0 bridgehead atoms. The fourth-order valence-electron chi connectivity index (χ4n) is 1.65. The van der Waals surface area contributed by atoms with Gasteiger partial charge < -0.3 is 18.5 Å². The number of hydrogen-bond donors (Lipinski definition) is 0. The van der Waals surface area contributed by atoms with Gasteiger partial charge in [0, 0.05) is 19.2 Å². The molecule has 1 atom stereocenters. The first-order valence-electron chi connectivity index (χ1n) is 6.40. The third kappa shape index (κ3) is 5.95. The van der Waals surface area contributed by atoms with Gasteiger partial charge in [-0.3, -0.25) is 4.57 Å². The molecule has 24 heavy (non-hydrogen) atoms. The van der Waals surface area contributed by atoms with E-state index in [4.69, 9.17) is 64.9 Å². The van der Waals surface area contributed by atoms with Crippen molar-refractivity contribution >= 4 is 60.0 Å². The van der Waals surface area contributed by atoms with Crippen LogP contribution in [0.2, 0.25) is 5.02 Å². The summed E-state index contributed by atoms with van der Waals surface area (Å²) in [5.41, 5.74) is 0.715. The molecule has 1 rings (SSSR count). The third-order valence-electron chi connectivity index (χ3n) is 2.80. The predicted octanol–water partition coefficient (Wildman–Crippen LogP) is 4.75. The zero-order chi connectivity index (χ0) is 18.5. The van der Waals surface area contributed by atoms with Crippen LogP contribution in [0.1, 0.15) is 5.56 Å². The molecule has 0 aromatic heterocycles. The lowest BCUT2D eigenvalue weighted by atomic mass is 10.2. The van der Waals surface area contributed by atoms with Gasteiger partial charge in [0.05, 0.1) is 0 Å². The van der Waals surface area contributed by atoms with E-state index in [-0.39, 0.29) is 0 Å². The SMILES string of the molecule is COP(=O)(OC)C(OC(=O)COc1ccc(Cl)cc1C)C(Cl)(Cl)Cl. The Morgan fingerprint density at radius 1 is 1.25 bits per heavy atom. The molecule has 0 aliphatic carbocycles. The lowest BCUT2D eigenvalue weighted by molar-refractivity contribution is -0.148. The quantitative estimate of drug-likeness (QED) is 0.346. The fraction of sp³-hybridized carbons (Fsp3) is 0.462. The number of carbonyl (C=O) groups excluding carboxylic acids is 1. The van der Waals surface area contributed by atoms with Crippen LogP contribution in [0.25, 0.3) is 0 Å². The van der Waals surface area contributed by atoms with Crippen LogP contribution in [0.3, 0.4) is 0 Å². The number of esters is 1. The third-order valence-corrected chi connectivity index (χ3v) is 6.17. The van der Waals surface area contributed by atoms with Gasteiger partial charge in [-0.1, -0.05) is 46.4 Å². The first-order chi connectivity index (χ1) is 11.0. The summed E-state index contributed by atoms with van der Waals surface area (Å²) in [4.78, 5) is 11.9. The molecule has 0 aliphatic heterocycles. The zero-order valence-electron chi connectivity index (χ0n) is 12.9. The van der Waals surface area contributed by atoms with Crippen LogP contribution in [0.5, 0.6) is 5.75 Å². The summed E-state index contributed by atoms with van der Waals surface area (Å²) in [5.74, 6) is -2.26. The Balaban J connectivity index is 2.81. The number of halogens is 4. The van der Waals surface area contributed by atoms with Crippen molar-refractivity contribution in [1.29, 1.82) is 0 Å². The molecular weight excluding hydrogens is 425 g/mol. The highest BCUT2D eigenvalue weighted by atomic mass is 35.6. The number of carbonyl (C=O) groups is 1. The average molecular weight is 440 g/mol. The summed E-state index contributed by atoms with van der Waals surface area (Å²) in [6.45, 7) is 1.24. The van der Waals surface area contributed by atoms with Crippen molar-refractivity contribution in [2.24, 2.45) is 0 Å². The fourth-order valence-corrected chi connectivity index (χ4v) is 4.22. The first-order valence-corrected chi connectivity index (χ1v) is 9.52. The van der Waals surface area contributed by atoms with E-state index in [1.54, 1.807) is 25.1 Å². The van der Waals surface area contributed by atoms with E-state index in [1.807, 2.05) is 0 Å². The van der Waals surface area contributed by atoms with Gasteiger partial charge in [-0.05, 0) is 30.7 Å². The Morgan fingerprint density at radius 3 is 2.29 bits per heavy atom. The van der Waals surface area contributed by atoms with Gasteiger partial charge in [0.2, 0.25) is 9.64 Å². The van der Waals surface area contributed by atoms with E-state index >= 15 is 0 Å². The molecule has 6 nitrogen and oxygen atoms in total. The van der Waals surface area contributed by atoms with Crippen LogP contribution in [0.4, 0.5) is 0 Å². The van der Waals surface area contributed by atoms with Crippen molar-refractivity contribution in [3.63, 3.8) is 0 Å².